The Morgan fingerprint density at radius 2 is 0.909 bits per heavy atom. The highest BCUT2D eigenvalue weighted by Gasteiger charge is 2.07. The van der Waals surface area contributed by atoms with E-state index in [4.69, 9.17) is 0 Å². The highest BCUT2D eigenvalue weighted by Crippen LogP contribution is 2.19. The van der Waals surface area contributed by atoms with E-state index in [1.807, 2.05) is 0 Å². The molecule has 0 radical (unpaired) electrons. The lowest BCUT2D eigenvalue weighted by molar-refractivity contribution is 0.217. The second kappa shape index (κ2) is 39.1. The molecule has 2 nitrogen and oxygen atoms in total. The molecule has 2 atom stereocenters. The number of hydrogen-bond acceptors (Lipinski definition) is 7. The monoisotopic (exact) mass is 711 g/mol. The van der Waals surface area contributed by atoms with Gasteiger partial charge in [0, 0.05) is 13.2 Å². The van der Waals surface area contributed by atoms with Crippen LogP contribution in [0.5, 0.6) is 0 Å². The summed E-state index contributed by atoms with van der Waals surface area (Å²) in [5, 5.41) is 9.33. The van der Waals surface area contributed by atoms with Crippen LogP contribution in [-0.2, 0) is 0 Å². The largest absolute Gasteiger partial charge is 0.396 e. The number of aliphatic hydroxyl groups excluding tert-OH is 1. The van der Waals surface area contributed by atoms with E-state index in [1.54, 1.807) is 0 Å². The van der Waals surface area contributed by atoms with E-state index in [-0.39, 0.29) is 0 Å². The van der Waals surface area contributed by atoms with Gasteiger partial charge in [-0.25, -0.2) is 0 Å². The summed E-state index contributed by atoms with van der Waals surface area (Å²) in [7, 11) is 0. The van der Waals surface area contributed by atoms with Crippen LogP contribution in [0.3, 0.4) is 0 Å². The van der Waals surface area contributed by atoms with E-state index < -0.39 is 0 Å². The highest BCUT2D eigenvalue weighted by molar-refractivity contribution is 7.99. The lowest BCUT2D eigenvalue weighted by atomic mass is 10.1. The number of hydrogen-bond donors (Lipinski definition) is 4. The highest BCUT2D eigenvalue weighted by atomic mass is 32.2. The van der Waals surface area contributed by atoms with Gasteiger partial charge in [0.2, 0.25) is 0 Å². The maximum atomic E-state index is 9.33. The summed E-state index contributed by atoms with van der Waals surface area (Å²) in [6, 6.07) is 0. The van der Waals surface area contributed by atoms with Gasteiger partial charge >= 0.3 is 0 Å². The smallest absolute Gasteiger partial charge is 0.0443 e. The van der Waals surface area contributed by atoms with Crippen LogP contribution in [0.25, 0.3) is 0 Å². The molecule has 0 aromatic carbocycles. The second-order valence-corrected chi connectivity index (χ2v) is 16.9. The molecule has 0 amide bonds. The third-order valence-corrected chi connectivity index (χ3v) is 12.6. The Balaban J connectivity index is 3.54. The van der Waals surface area contributed by atoms with Crippen LogP contribution in [0.1, 0.15) is 155 Å². The fourth-order valence-corrected chi connectivity index (χ4v) is 9.04. The molecular weight excluding hydrogens is 635 g/mol. The fraction of sp³-hybridized carbons (Fsp3) is 1.00. The minimum atomic E-state index is 0.329. The molecule has 44 heavy (non-hydrogen) atoms. The van der Waals surface area contributed by atoms with Crippen molar-refractivity contribution >= 4 is 61.4 Å². The quantitative estimate of drug-likeness (QED) is 0.0378. The maximum absolute atomic E-state index is 9.33. The van der Waals surface area contributed by atoms with Gasteiger partial charge in [-0.3, -0.25) is 0 Å². The van der Waals surface area contributed by atoms with Crippen molar-refractivity contribution in [3.05, 3.63) is 0 Å². The summed E-state index contributed by atoms with van der Waals surface area (Å²) in [5.41, 5.74) is 0. The lowest BCUT2D eigenvalue weighted by Gasteiger charge is -2.22. The van der Waals surface area contributed by atoms with Gasteiger partial charge < -0.3 is 10.0 Å². The van der Waals surface area contributed by atoms with Crippen LogP contribution in [0, 0.1) is 11.8 Å². The van der Waals surface area contributed by atoms with Crippen LogP contribution in [0.15, 0.2) is 0 Å². The zero-order valence-corrected chi connectivity index (χ0v) is 33.6. The Bertz CT molecular complexity index is 530. The number of aliphatic hydroxyl groups is 1. The van der Waals surface area contributed by atoms with E-state index in [2.05, 4.69) is 73.2 Å². The third kappa shape index (κ3) is 35.0. The average Bonchev–Trinajstić information content (AvgIpc) is 3.04. The molecular formula is C37H77NOS5. The van der Waals surface area contributed by atoms with Crippen molar-refractivity contribution in [2.24, 2.45) is 11.8 Å². The van der Waals surface area contributed by atoms with Gasteiger partial charge in [0.25, 0.3) is 0 Å². The lowest BCUT2D eigenvalue weighted by Crippen LogP contribution is -2.27. The first-order chi connectivity index (χ1) is 21.7. The number of rotatable bonds is 38. The molecule has 266 valence electrons. The van der Waals surface area contributed by atoms with Gasteiger partial charge in [0.1, 0.15) is 0 Å². The topological polar surface area (TPSA) is 23.5 Å². The van der Waals surface area contributed by atoms with Gasteiger partial charge in [0.15, 0.2) is 0 Å². The van der Waals surface area contributed by atoms with E-state index in [9.17, 15) is 5.11 Å². The summed E-state index contributed by atoms with van der Waals surface area (Å²) in [4.78, 5) is 2.63. The van der Waals surface area contributed by atoms with Gasteiger partial charge in [0.05, 0.1) is 0 Å². The molecule has 2 unspecified atom stereocenters. The molecule has 0 spiro atoms. The van der Waals surface area contributed by atoms with Crippen molar-refractivity contribution in [1.29, 1.82) is 0 Å². The van der Waals surface area contributed by atoms with Crippen molar-refractivity contribution in [3.63, 3.8) is 0 Å². The molecule has 0 aliphatic heterocycles. The molecule has 0 fully saturated rings. The molecule has 0 rings (SSSR count). The maximum Gasteiger partial charge on any atom is 0.0443 e. The van der Waals surface area contributed by atoms with Crippen molar-refractivity contribution in [2.75, 3.05) is 66.5 Å². The predicted molar refractivity (Wildman–Crippen MR) is 219 cm³/mol. The van der Waals surface area contributed by atoms with E-state index in [1.165, 1.54) is 177 Å². The van der Waals surface area contributed by atoms with Gasteiger partial charge in [-0.15, -0.1) is 0 Å². The molecule has 0 saturated heterocycles. The van der Waals surface area contributed by atoms with Crippen LogP contribution in [-0.4, -0.2) is 76.5 Å². The predicted octanol–water partition coefficient (Wildman–Crippen LogP) is 11.8. The fourth-order valence-electron chi connectivity index (χ4n) is 5.85. The standard InChI is InChI=1S/C37H77NOS5/c1-36(23-20-29-40)34-43-31-18-14-10-6-2-4-8-12-16-25-38(27-22-28-39)26-17-13-9-5-3-7-11-15-19-32-44-35-37(33-42)24-21-30-41/h36-37,39-42H,2-35H2,1H3. The normalized spacial score (nSPS) is 13.2. The van der Waals surface area contributed by atoms with E-state index >= 15 is 0 Å². The Kier molecular flexibility index (Phi) is 40.6. The van der Waals surface area contributed by atoms with Crippen molar-refractivity contribution in [3.8, 4) is 0 Å². The van der Waals surface area contributed by atoms with Crippen LogP contribution in [0.4, 0.5) is 0 Å². The molecule has 1 N–H and O–H groups in total. The Morgan fingerprint density at radius 3 is 1.36 bits per heavy atom. The molecule has 0 aromatic heterocycles. The van der Waals surface area contributed by atoms with Crippen molar-refractivity contribution in [2.45, 2.75) is 155 Å². The summed E-state index contributed by atoms with van der Waals surface area (Å²) in [6.07, 6.45) is 31.3. The Labute approximate surface area is 302 Å². The van der Waals surface area contributed by atoms with E-state index in [0.717, 1.165) is 42.1 Å². The van der Waals surface area contributed by atoms with Gasteiger partial charge in [-0.2, -0.15) is 61.4 Å². The first-order valence-electron chi connectivity index (χ1n) is 19.0. The first-order valence-corrected chi connectivity index (χ1v) is 23.2. The molecule has 0 aliphatic carbocycles. The summed E-state index contributed by atoms with van der Waals surface area (Å²) >= 11 is 17.5. The molecule has 0 saturated carbocycles. The van der Waals surface area contributed by atoms with Crippen LogP contribution < -0.4 is 0 Å². The zero-order valence-electron chi connectivity index (χ0n) is 29.2. The number of thioether (sulfide) groups is 2. The molecule has 0 bridgehead atoms. The minimum Gasteiger partial charge on any atom is -0.396 e. The Hall–Kier alpha value is 1.67. The summed E-state index contributed by atoms with van der Waals surface area (Å²) in [6.45, 7) is 6.26. The van der Waals surface area contributed by atoms with Gasteiger partial charge in [-0.1, -0.05) is 96.8 Å². The van der Waals surface area contributed by atoms with Crippen molar-refractivity contribution in [1.82, 2.24) is 4.90 Å². The molecule has 0 heterocycles. The number of nitrogens with zero attached hydrogens (tertiary/aromatic N) is 1. The molecule has 0 aliphatic rings. The number of thiol groups is 3. The van der Waals surface area contributed by atoms with Crippen molar-refractivity contribution < 1.29 is 5.11 Å². The molecule has 7 heteroatoms. The first kappa shape index (κ1) is 45.7. The van der Waals surface area contributed by atoms with E-state index in [0.29, 0.717) is 6.61 Å². The molecule has 0 aromatic rings. The summed E-state index contributed by atoms with van der Waals surface area (Å²) < 4.78 is 0. The van der Waals surface area contributed by atoms with Crippen LogP contribution >= 0.6 is 61.4 Å². The zero-order chi connectivity index (χ0) is 32.2. The minimum absolute atomic E-state index is 0.329. The summed E-state index contributed by atoms with van der Waals surface area (Å²) in [5.74, 6) is 10.0. The SMILES string of the molecule is CC(CCCS)CSCCCCCCCCCCCN(CCCO)CCCCCCCCCCCSCC(CS)CCCS. The average molecular weight is 712 g/mol. The van der Waals surface area contributed by atoms with Gasteiger partial charge in [-0.05, 0) is 123 Å². The second-order valence-electron chi connectivity index (χ2n) is 13.3. The third-order valence-electron chi connectivity index (χ3n) is 8.80. The Morgan fingerprint density at radius 1 is 0.500 bits per heavy atom. The van der Waals surface area contributed by atoms with Crippen LogP contribution in [0.2, 0.25) is 0 Å². The number of unbranched alkanes of at least 4 members (excludes halogenated alkanes) is 16.